The number of piperidine rings is 1. The van der Waals surface area contributed by atoms with Crippen LogP contribution in [0.15, 0.2) is 29.3 Å². The molecule has 6 heteroatoms. The van der Waals surface area contributed by atoms with Crippen molar-refractivity contribution in [3.05, 3.63) is 29.8 Å². The maximum Gasteiger partial charge on any atom is 0.191 e. The highest BCUT2D eigenvalue weighted by atomic mass is 127. The normalized spacial score (nSPS) is 20.3. The highest BCUT2D eigenvalue weighted by Gasteiger charge is 2.30. The molecule has 0 spiro atoms. The van der Waals surface area contributed by atoms with E-state index >= 15 is 0 Å². The van der Waals surface area contributed by atoms with Crippen LogP contribution in [-0.4, -0.2) is 51.2 Å². The van der Waals surface area contributed by atoms with Gasteiger partial charge in [-0.25, -0.2) is 0 Å². The quantitative estimate of drug-likeness (QED) is 0.389. The molecule has 1 aliphatic heterocycles. The second-order valence-electron chi connectivity index (χ2n) is 6.35. The number of ether oxygens (including phenoxy) is 1. The molecule has 0 amide bonds. The first kappa shape index (κ1) is 22.0. The Kier molecular flexibility index (Phi) is 10.2. The van der Waals surface area contributed by atoms with E-state index in [0.29, 0.717) is 12.0 Å². The lowest BCUT2D eigenvalue weighted by atomic mass is 9.85. The first-order valence-corrected chi connectivity index (χ1v) is 9.06. The van der Waals surface area contributed by atoms with Crippen LogP contribution in [0.25, 0.3) is 0 Å². The summed E-state index contributed by atoms with van der Waals surface area (Å²) in [5.74, 6) is 2.36. The van der Waals surface area contributed by atoms with Gasteiger partial charge in [0.15, 0.2) is 5.96 Å². The highest BCUT2D eigenvalue weighted by molar-refractivity contribution is 14.0. The summed E-state index contributed by atoms with van der Waals surface area (Å²) in [6, 6.07) is 8.91. The molecular weight excluding hydrogens is 427 g/mol. The van der Waals surface area contributed by atoms with Gasteiger partial charge in [-0.15, -0.1) is 24.0 Å². The van der Waals surface area contributed by atoms with E-state index in [2.05, 4.69) is 60.7 Å². The van der Waals surface area contributed by atoms with Gasteiger partial charge in [0.2, 0.25) is 0 Å². The van der Waals surface area contributed by atoms with Crippen molar-refractivity contribution in [3.63, 3.8) is 0 Å². The summed E-state index contributed by atoms with van der Waals surface area (Å²) in [6.07, 6.45) is 2.46. The van der Waals surface area contributed by atoms with Crippen molar-refractivity contribution in [2.24, 2.45) is 10.9 Å². The molecule has 1 saturated heterocycles. The Morgan fingerprint density at radius 2 is 1.84 bits per heavy atom. The summed E-state index contributed by atoms with van der Waals surface area (Å²) in [5.41, 5.74) is 1.35. The van der Waals surface area contributed by atoms with Crippen LogP contribution in [0.2, 0.25) is 0 Å². The molecule has 25 heavy (non-hydrogen) atoms. The molecule has 142 valence electrons. The van der Waals surface area contributed by atoms with E-state index in [0.717, 1.165) is 37.9 Å². The third-order valence-corrected chi connectivity index (χ3v) is 4.64. The van der Waals surface area contributed by atoms with Crippen LogP contribution < -0.4 is 15.4 Å². The van der Waals surface area contributed by atoms with E-state index in [1.54, 1.807) is 7.11 Å². The first-order chi connectivity index (χ1) is 11.7. The molecule has 0 aromatic heterocycles. The molecule has 0 saturated carbocycles. The van der Waals surface area contributed by atoms with E-state index < -0.39 is 0 Å². The van der Waals surface area contributed by atoms with Gasteiger partial charge in [-0.05, 0) is 63.9 Å². The van der Waals surface area contributed by atoms with Crippen LogP contribution in [0.4, 0.5) is 0 Å². The largest absolute Gasteiger partial charge is 0.497 e. The zero-order valence-corrected chi connectivity index (χ0v) is 18.2. The molecule has 0 bridgehead atoms. The fourth-order valence-corrected chi connectivity index (χ4v) is 3.50. The number of hydrogen-bond acceptors (Lipinski definition) is 3. The average Bonchev–Trinajstić information content (AvgIpc) is 2.60. The average molecular weight is 460 g/mol. The van der Waals surface area contributed by atoms with Gasteiger partial charge in [0.25, 0.3) is 0 Å². The van der Waals surface area contributed by atoms with Gasteiger partial charge in [-0.3, -0.25) is 9.89 Å². The van der Waals surface area contributed by atoms with Gasteiger partial charge >= 0.3 is 0 Å². The fraction of sp³-hybridized carbons (Fsp3) is 0.632. The monoisotopic (exact) mass is 460 g/mol. The van der Waals surface area contributed by atoms with E-state index in [1.807, 2.05) is 0 Å². The summed E-state index contributed by atoms with van der Waals surface area (Å²) in [4.78, 5) is 7.28. The van der Waals surface area contributed by atoms with Gasteiger partial charge in [0, 0.05) is 25.7 Å². The zero-order valence-electron chi connectivity index (χ0n) is 15.9. The second-order valence-corrected chi connectivity index (χ2v) is 6.35. The minimum atomic E-state index is 0. The number of halogens is 1. The van der Waals surface area contributed by atoms with Gasteiger partial charge < -0.3 is 15.4 Å². The van der Waals surface area contributed by atoms with Gasteiger partial charge in [0.1, 0.15) is 5.75 Å². The maximum atomic E-state index is 5.29. The zero-order chi connectivity index (χ0) is 17.4. The lowest BCUT2D eigenvalue weighted by molar-refractivity contribution is 0.125. The summed E-state index contributed by atoms with van der Waals surface area (Å²) < 4.78 is 5.29. The standard InChI is InChI=1S/C19H32N4O.HI/c1-5-20-19(21-6-2)22-14-16-8-7-13-23(3)18(16)15-9-11-17(24-4)12-10-15;/h9-12,16,18H,5-8,13-14H2,1-4H3,(H2,20,21,22);1H. The molecular formula is C19H33IN4O. The van der Waals surface area contributed by atoms with Crippen molar-refractivity contribution in [3.8, 4) is 5.75 Å². The van der Waals surface area contributed by atoms with Crippen LogP contribution in [0, 0.1) is 5.92 Å². The molecule has 2 rings (SSSR count). The molecule has 5 nitrogen and oxygen atoms in total. The van der Waals surface area contributed by atoms with Crippen molar-refractivity contribution in [1.29, 1.82) is 0 Å². The number of guanidine groups is 1. The Morgan fingerprint density at radius 1 is 1.20 bits per heavy atom. The topological polar surface area (TPSA) is 48.9 Å². The molecule has 1 aliphatic rings. The molecule has 0 radical (unpaired) electrons. The van der Waals surface area contributed by atoms with E-state index in [1.165, 1.54) is 18.4 Å². The number of methoxy groups -OCH3 is 1. The number of nitrogens with zero attached hydrogens (tertiary/aromatic N) is 2. The minimum Gasteiger partial charge on any atom is -0.497 e. The molecule has 1 aromatic carbocycles. The van der Waals surface area contributed by atoms with Crippen molar-refractivity contribution in [2.75, 3.05) is 40.3 Å². The van der Waals surface area contributed by atoms with Gasteiger partial charge in [-0.2, -0.15) is 0 Å². The predicted molar refractivity (Wildman–Crippen MR) is 116 cm³/mol. The van der Waals surface area contributed by atoms with Crippen LogP contribution >= 0.6 is 24.0 Å². The van der Waals surface area contributed by atoms with Gasteiger partial charge in [-0.1, -0.05) is 12.1 Å². The summed E-state index contributed by atoms with van der Waals surface area (Å²) in [5, 5.41) is 6.63. The van der Waals surface area contributed by atoms with Crippen molar-refractivity contribution in [1.82, 2.24) is 15.5 Å². The Morgan fingerprint density at radius 3 is 2.40 bits per heavy atom. The Balaban J connectivity index is 0.00000312. The van der Waals surface area contributed by atoms with Gasteiger partial charge in [0.05, 0.1) is 7.11 Å². The van der Waals surface area contributed by atoms with E-state index in [9.17, 15) is 0 Å². The number of aliphatic imine (C=N–C) groups is 1. The van der Waals surface area contributed by atoms with Crippen LogP contribution in [0.1, 0.15) is 38.3 Å². The number of likely N-dealkylation sites (tertiary alicyclic amines) is 1. The molecule has 1 aromatic rings. The number of nitrogens with one attached hydrogen (secondary N) is 2. The molecule has 2 atom stereocenters. The SMILES string of the molecule is CCNC(=NCC1CCCN(C)C1c1ccc(OC)cc1)NCC.I. The van der Waals surface area contributed by atoms with Crippen LogP contribution in [-0.2, 0) is 0 Å². The highest BCUT2D eigenvalue weighted by Crippen LogP contribution is 2.35. The fourth-order valence-electron chi connectivity index (χ4n) is 3.50. The Hall–Kier alpha value is -1.02. The predicted octanol–water partition coefficient (Wildman–Crippen LogP) is 3.27. The molecule has 1 heterocycles. The van der Waals surface area contributed by atoms with Crippen molar-refractivity contribution < 1.29 is 4.74 Å². The van der Waals surface area contributed by atoms with E-state index in [-0.39, 0.29) is 24.0 Å². The third-order valence-electron chi connectivity index (χ3n) is 4.64. The number of hydrogen-bond donors (Lipinski definition) is 2. The molecule has 2 unspecified atom stereocenters. The minimum absolute atomic E-state index is 0. The lowest BCUT2D eigenvalue weighted by Gasteiger charge is -2.39. The Labute approximate surface area is 169 Å². The summed E-state index contributed by atoms with van der Waals surface area (Å²) >= 11 is 0. The number of benzene rings is 1. The van der Waals surface area contributed by atoms with Crippen molar-refractivity contribution in [2.45, 2.75) is 32.7 Å². The maximum absolute atomic E-state index is 5.29. The first-order valence-electron chi connectivity index (χ1n) is 9.06. The van der Waals surface area contributed by atoms with E-state index in [4.69, 9.17) is 9.73 Å². The Bertz CT molecular complexity index is 513. The molecule has 0 aliphatic carbocycles. The lowest BCUT2D eigenvalue weighted by Crippen LogP contribution is -2.40. The molecule has 1 fully saturated rings. The van der Waals surface area contributed by atoms with Crippen LogP contribution in [0.3, 0.4) is 0 Å². The van der Waals surface area contributed by atoms with Crippen molar-refractivity contribution >= 4 is 29.9 Å². The number of rotatable bonds is 6. The van der Waals surface area contributed by atoms with Crippen LogP contribution in [0.5, 0.6) is 5.75 Å². The molecule has 2 N–H and O–H groups in total. The summed E-state index contributed by atoms with van der Waals surface area (Å²) in [7, 11) is 3.93. The third kappa shape index (κ3) is 6.33. The smallest absolute Gasteiger partial charge is 0.191 e. The second kappa shape index (κ2) is 11.6. The summed E-state index contributed by atoms with van der Waals surface area (Å²) in [6.45, 7) is 7.96.